The number of Topliss-reactive ketones (excluding diaryl/α,β-unsaturated/α-hetero) is 1. The van der Waals surface area contributed by atoms with Crippen LogP contribution in [0.3, 0.4) is 0 Å². The van der Waals surface area contributed by atoms with E-state index in [4.69, 9.17) is 0 Å². The molecule has 3 rings (SSSR count). The zero-order valence-corrected chi connectivity index (χ0v) is 13.9. The minimum atomic E-state index is -0.376. The summed E-state index contributed by atoms with van der Waals surface area (Å²) >= 11 is 0. The molecule has 1 amide bonds. The van der Waals surface area contributed by atoms with Crippen LogP contribution in [0, 0.1) is 5.92 Å². The molecule has 0 spiro atoms. The van der Waals surface area contributed by atoms with Crippen molar-refractivity contribution < 1.29 is 9.59 Å². The second kappa shape index (κ2) is 6.30. The van der Waals surface area contributed by atoms with Gasteiger partial charge in [-0.05, 0) is 37.7 Å². The van der Waals surface area contributed by atoms with Gasteiger partial charge in [0.15, 0.2) is 5.78 Å². The number of rotatable bonds is 2. The normalized spacial score (nSPS) is 24.2. The van der Waals surface area contributed by atoms with Crippen molar-refractivity contribution in [1.29, 1.82) is 0 Å². The number of nitrogens with zero attached hydrogens (tertiary/aromatic N) is 1. The van der Waals surface area contributed by atoms with E-state index in [0.717, 1.165) is 25.7 Å². The lowest BCUT2D eigenvalue weighted by atomic mass is 9.85. The van der Waals surface area contributed by atoms with Crippen LogP contribution in [0.2, 0.25) is 0 Å². The van der Waals surface area contributed by atoms with Crippen molar-refractivity contribution in [1.82, 2.24) is 9.88 Å². The summed E-state index contributed by atoms with van der Waals surface area (Å²) in [6.07, 6.45) is 6.35. The summed E-state index contributed by atoms with van der Waals surface area (Å²) in [5.41, 5.74) is 0.916. The molecule has 5 heteroatoms. The first kappa shape index (κ1) is 16.0. The molecule has 0 aliphatic heterocycles. The van der Waals surface area contributed by atoms with Crippen LogP contribution in [0.4, 0.5) is 0 Å². The maximum Gasteiger partial charge on any atom is 0.261 e. The van der Waals surface area contributed by atoms with Crippen molar-refractivity contribution in [3.63, 3.8) is 0 Å². The molecule has 1 fully saturated rings. The summed E-state index contributed by atoms with van der Waals surface area (Å²) in [4.78, 5) is 41.6. The molecule has 1 aromatic rings. The monoisotopic (exact) mass is 316 g/mol. The lowest BCUT2D eigenvalue weighted by molar-refractivity contribution is 0.0627. The molecule has 2 aliphatic carbocycles. The smallest absolute Gasteiger partial charge is 0.261 e. The van der Waals surface area contributed by atoms with Crippen LogP contribution >= 0.6 is 0 Å². The topological polar surface area (TPSA) is 70.2 Å². The van der Waals surface area contributed by atoms with E-state index in [0.29, 0.717) is 30.0 Å². The molecule has 0 bridgehead atoms. The summed E-state index contributed by atoms with van der Waals surface area (Å²) in [6, 6.07) is 1.68. The predicted octanol–water partition coefficient (Wildman–Crippen LogP) is 2.54. The van der Waals surface area contributed by atoms with E-state index in [-0.39, 0.29) is 28.9 Å². The molecule has 0 aromatic carbocycles. The molecule has 5 nitrogen and oxygen atoms in total. The number of aromatic amines is 1. The number of fused-ring (bicyclic) bond motifs is 1. The number of hydrogen-bond acceptors (Lipinski definition) is 3. The average Bonchev–Trinajstić information content (AvgIpc) is 2.54. The molecule has 0 saturated heterocycles. The SMILES string of the molecule is C[C@@H]1CCCC[C@@H]1N(C)C(=O)c1cc2c([nH]c1=O)CCCC2=O. The Morgan fingerprint density at radius 3 is 2.65 bits per heavy atom. The summed E-state index contributed by atoms with van der Waals surface area (Å²) < 4.78 is 0. The van der Waals surface area contributed by atoms with Gasteiger partial charge < -0.3 is 9.88 Å². The number of carbonyl (C=O) groups excluding carboxylic acids is 2. The molecule has 2 aliphatic rings. The number of carbonyl (C=O) groups is 2. The van der Waals surface area contributed by atoms with E-state index in [9.17, 15) is 14.4 Å². The highest BCUT2D eigenvalue weighted by Crippen LogP contribution is 2.28. The van der Waals surface area contributed by atoms with E-state index >= 15 is 0 Å². The summed E-state index contributed by atoms with van der Waals surface area (Å²) in [5.74, 6) is 0.187. The van der Waals surface area contributed by atoms with E-state index in [1.807, 2.05) is 0 Å². The van der Waals surface area contributed by atoms with Gasteiger partial charge in [0.05, 0.1) is 0 Å². The third kappa shape index (κ3) is 2.96. The lowest BCUT2D eigenvalue weighted by Gasteiger charge is -2.36. The molecule has 1 N–H and O–H groups in total. The van der Waals surface area contributed by atoms with Crippen molar-refractivity contribution in [2.24, 2.45) is 5.92 Å². The highest BCUT2D eigenvalue weighted by atomic mass is 16.2. The van der Waals surface area contributed by atoms with Crippen molar-refractivity contribution in [2.75, 3.05) is 7.05 Å². The molecular formula is C18H24N2O3. The van der Waals surface area contributed by atoms with E-state index < -0.39 is 0 Å². The van der Waals surface area contributed by atoms with Crippen molar-refractivity contribution in [3.05, 3.63) is 33.2 Å². The molecule has 1 heterocycles. The standard InChI is InChI=1S/C18H24N2O3/c1-11-6-3-4-8-15(11)20(2)18(23)13-10-12-14(19-17(13)22)7-5-9-16(12)21/h10-11,15H,3-9H2,1-2H3,(H,19,22)/t11-,15+/m1/s1. The van der Waals surface area contributed by atoms with E-state index in [1.54, 1.807) is 11.9 Å². The minimum Gasteiger partial charge on any atom is -0.338 e. The molecule has 2 atom stereocenters. The first-order chi connectivity index (χ1) is 11.0. The van der Waals surface area contributed by atoms with Crippen LogP contribution in [-0.4, -0.2) is 34.7 Å². The van der Waals surface area contributed by atoms with Gasteiger partial charge >= 0.3 is 0 Å². The van der Waals surface area contributed by atoms with Crippen LogP contribution in [0.25, 0.3) is 0 Å². The second-order valence-electron chi connectivity index (χ2n) is 6.93. The van der Waals surface area contributed by atoms with Gasteiger partial charge in [0, 0.05) is 30.8 Å². The first-order valence-electron chi connectivity index (χ1n) is 8.55. The average molecular weight is 316 g/mol. The number of ketones is 1. The third-order valence-electron chi connectivity index (χ3n) is 5.37. The van der Waals surface area contributed by atoms with Crippen molar-refractivity contribution in [3.8, 4) is 0 Å². The highest BCUT2D eigenvalue weighted by molar-refractivity contribution is 6.01. The summed E-state index contributed by atoms with van der Waals surface area (Å²) in [5, 5.41) is 0. The number of pyridine rings is 1. The zero-order valence-electron chi connectivity index (χ0n) is 13.9. The third-order valence-corrected chi connectivity index (χ3v) is 5.37. The molecule has 0 unspecified atom stereocenters. The quantitative estimate of drug-likeness (QED) is 0.911. The Bertz CT molecular complexity index is 692. The van der Waals surface area contributed by atoms with Gasteiger partial charge in [-0.1, -0.05) is 19.8 Å². The molecule has 1 aromatic heterocycles. The molecule has 0 radical (unpaired) electrons. The van der Waals surface area contributed by atoms with Gasteiger partial charge in [0.2, 0.25) is 0 Å². The second-order valence-corrected chi connectivity index (χ2v) is 6.93. The largest absolute Gasteiger partial charge is 0.338 e. The summed E-state index contributed by atoms with van der Waals surface area (Å²) in [7, 11) is 1.77. The van der Waals surface area contributed by atoms with E-state index in [1.165, 1.54) is 12.5 Å². The Labute approximate surface area is 136 Å². The van der Waals surface area contributed by atoms with Crippen LogP contribution in [0.1, 0.15) is 71.9 Å². The fourth-order valence-corrected chi connectivity index (χ4v) is 3.95. The Morgan fingerprint density at radius 2 is 1.91 bits per heavy atom. The summed E-state index contributed by atoms with van der Waals surface area (Å²) in [6.45, 7) is 2.16. The predicted molar refractivity (Wildman–Crippen MR) is 87.8 cm³/mol. The number of H-pyrrole nitrogens is 1. The molecule has 124 valence electrons. The van der Waals surface area contributed by atoms with Gasteiger partial charge in [0.25, 0.3) is 11.5 Å². The molecule has 23 heavy (non-hydrogen) atoms. The Morgan fingerprint density at radius 1 is 1.17 bits per heavy atom. The van der Waals surface area contributed by atoms with Crippen LogP contribution in [-0.2, 0) is 6.42 Å². The Balaban J connectivity index is 1.91. The van der Waals surface area contributed by atoms with Crippen LogP contribution in [0.5, 0.6) is 0 Å². The van der Waals surface area contributed by atoms with Crippen molar-refractivity contribution >= 4 is 11.7 Å². The first-order valence-corrected chi connectivity index (χ1v) is 8.55. The number of nitrogens with one attached hydrogen (secondary N) is 1. The maximum absolute atomic E-state index is 12.8. The zero-order chi connectivity index (χ0) is 16.6. The van der Waals surface area contributed by atoms with Crippen LogP contribution in [0.15, 0.2) is 10.9 Å². The fourth-order valence-electron chi connectivity index (χ4n) is 3.95. The van der Waals surface area contributed by atoms with Gasteiger partial charge in [-0.3, -0.25) is 14.4 Å². The van der Waals surface area contributed by atoms with Gasteiger partial charge in [-0.2, -0.15) is 0 Å². The van der Waals surface area contributed by atoms with Crippen LogP contribution < -0.4 is 5.56 Å². The number of aromatic nitrogens is 1. The minimum absolute atomic E-state index is 0.0187. The lowest BCUT2D eigenvalue weighted by Crippen LogP contribution is -2.44. The highest BCUT2D eigenvalue weighted by Gasteiger charge is 2.30. The number of hydrogen-bond donors (Lipinski definition) is 1. The van der Waals surface area contributed by atoms with Crippen molar-refractivity contribution in [2.45, 2.75) is 57.9 Å². The Kier molecular flexibility index (Phi) is 4.37. The van der Waals surface area contributed by atoms with Gasteiger partial charge in [-0.15, -0.1) is 0 Å². The maximum atomic E-state index is 12.8. The number of amides is 1. The fraction of sp³-hybridized carbons (Fsp3) is 0.611. The molecule has 1 saturated carbocycles. The Hall–Kier alpha value is -1.91. The molecular weight excluding hydrogens is 292 g/mol. The number of aryl methyl sites for hydroxylation is 1. The van der Waals surface area contributed by atoms with Gasteiger partial charge in [0.1, 0.15) is 5.56 Å². The van der Waals surface area contributed by atoms with E-state index in [2.05, 4.69) is 11.9 Å². The van der Waals surface area contributed by atoms with Gasteiger partial charge in [-0.25, -0.2) is 0 Å².